The van der Waals surface area contributed by atoms with Gasteiger partial charge in [-0.1, -0.05) is 31.2 Å². The second-order valence-electron chi connectivity index (χ2n) is 14.8. The molecule has 5 heterocycles. The fourth-order valence-corrected chi connectivity index (χ4v) is 8.41. The summed E-state index contributed by atoms with van der Waals surface area (Å²) in [5, 5.41) is 11.3. The number of aromatic nitrogens is 2. The van der Waals surface area contributed by atoms with E-state index in [-0.39, 0.29) is 23.9 Å². The van der Waals surface area contributed by atoms with Crippen LogP contribution in [0.5, 0.6) is 0 Å². The minimum Gasteiger partial charge on any atom is -0.435 e. The quantitative estimate of drug-likeness (QED) is 0.388. The van der Waals surface area contributed by atoms with Crippen LogP contribution < -0.4 is 5.32 Å². The maximum atomic E-state index is 14.4. The second kappa shape index (κ2) is 15.0. The molecule has 2 atom stereocenters. The number of fused-ring (bicyclic) bond motifs is 2. The third-order valence-corrected chi connectivity index (χ3v) is 11.6. The van der Waals surface area contributed by atoms with Crippen LogP contribution in [0, 0.1) is 6.92 Å². The van der Waals surface area contributed by atoms with Crippen LogP contribution in [0.15, 0.2) is 42.6 Å². The second-order valence-corrected chi connectivity index (χ2v) is 14.8. The molecule has 4 aliphatic rings. The molecule has 12 nitrogen and oxygen atoms in total. The van der Waals surface area contributed by atoms with Crippen LogP contribution in [0.4, 0.5) is 15.3 Å². The number of piperidine rings is 2. The van der Waals surface area contributed by atoms with Crippen molar-refractivity contribution in [2.75, 3.05) is 71.3 Å². The topological polar surface area (TPSA) is 117 Å². The third kappa shape index (κ3) is 7.32. The number of ether oxygens (including phenoxy) is 1. The van der Waals surface area contributed by atoms with Gasteiger partial charge in [-0.2, -0.15) is 5.10 Å². The molecule has 0 aliphatic carbocycles. The number of rotatable bonds is 6. The normalized spacial score (nSPS) is 21.7. The van der Waals surface area contributed by atoms with Crippen molar-refractivity contribution < 1.29 is 19.1 Å². The van der Waals surface area contributed by atoms with Crippen molar-refractivity contribution in [1.82, 2.24) is 34.7 Å². The van der Waals surface area contributed by atoms with Gasteiger partial charge in [-0.05, 0) is 94.4 Å². The van der Waals surface area contributed by atoms with Gasteiger partial charge in [0.2, 0.25) is 0 Å². The summed E-state index contributed by atoms with van der Waals surface area (Å²) in [6.07, 6.45) is 5.48. The van der Waals surface area contributed by atoms with Gasteiger partial charge in [0.05, 0.1) is 11.7 Å². The number of aromatic amines is 1. The average Bonchev–Trinajstić information content (AvgIpc) is 3.42. The number of aryl methyl sites for hydroxylation is 1. The molecule has 268 valence electrons. The van der Waals surface area contributed by atoms with E-state index in [1.54, 1.807) is 11.1 Å². The van der Waals surface area contributed by atoms with Crippen LogP contribution in [-0.4, -0.2) is 137 Å². The number of nitrogens with one attached hydrogen (secondary N) is 2. The van der Waals surface area contributed by atoms with Crippen LogP contribution in [0.25, 0.3) is 10.9 Å². The number of hydrogen-bond donors (Lipinski definition) is 2. The van der Waals surface area contributed by atoms with E-state index in [9.17, 15) is 14.4 Å². The van der Waals surface area contributed by atoms with Crippen molar-refractivity contribution in [2.24, 2.45) is 0 Å². The summed E-state index contributed by atoms with van der Waals surface area (Å²) in [4.78, 5) is 51.9. The van der Waals surface area contributed by atoms with E-state index in [1.807, 2.05) is 47.9 Å². The first-order valence-corrected chi connectivity index (χ1v) is 18.5. The van der Waals surface area contributed by atoms with Gasteiger partial charge in [0.1, 0.15) is 0 Å². The molecule has 3 fully saturated rings. The predicted molar refractivity (Wildman–Crippen MR) is 193 cm³/mol. The van der Waals surface area contributed by atoms with E-state index >= 15 is 0 Å². The summed E-state index contributed by atoms with van der Waals surface area (Å²) in [6.45, 7) is 11.3. The highest BCUT2D eigenvalue weighted by Crippen LogP contribution is 2.31. The standard InChI is InChI=1S/C38H52N8O4/c1-26-23-29(24-30-25-39-41-34(26)30)27(2)35(36(47)44-16-10-31(11-17-44)43-15-6-14-42(3)21-22-43)50-38(49)45-18-12-32(13-19-45)46-20-9-28-7-4-5-8-33(28)40-37(46)48/h4-5,7-8,23-25,27,31-32,35H,6,9-22H2,1-3H3,(H,39,41)(H,40,48)/t27-,35?/m1/s1. The third-order valence-electron chi connectivity index (χ3n) is 11.6. The lowest BCUT2D eigenvalue weighted by Crippen LogP contribution is -2.53. The molecule has 1 aromatic heterocycles. The number of H-pyrrole nitrogens is 1. The lowest BCUT2D eigenvalue weighted by atomic mass is 9.91. The Morgan fingerprint density at radius 3 is 2.44 bits per heavy atom. The summed E-state index contributed by atoms with van der Waals surface area (Å²) in [5.41, 5.74) is 4.94. The Labute approximate surface area is 295 Å². The van der Waals surface area contributed by atoms with Crippen molar-refractivity contribution in [2.45, 2.75) is 76.5 Å². The smallest absolute Gasteiger partial charge is 0.410 e. The molecule has 3 saturated heterocycles. The highest BCUT2D eigenvalue weighted by molar-refractivity contribution is 5.91. The van der Waals surface area contributed by atoms with Gasteiger partial charge >= 0.3 is 12.1 Å². The number of likely N-dealkylation sites (tertiary alicyclic amines) is 2. The van der Waals surface area contributed by atoms with E-state index in [0.717, 1.165) is 78.7 Å². The number of carbonyl (C=O) groups excluding carboxylic acids is 3. The summed E-state index contributed by atoms with van der Waals surface area (Å²) >= 11 is 0. The monoisotopic (exact) mass is 684 g/mol. The van der Waals surface area contributed by atoms with Gasteiger partial charge in [0, 0.05) is 74.9 Å². The number of urea groups is 1. The minimum atomic E-state index is -0.956. The zero-order chi connectivity index (χ0) is 34.8. The molecular formula is C38H52N8O4. The van der Waals surface area contributed by atoms with Gasteiger partial charge in [-0.25, -0.2) is 9.59 Å². The van der Waals surface area contributed by atoms with Gasteiger partial charge in [0.15, 0.2) is 6.10 Å². The Morgan fingerprint density at radius 1 is 0.900 bits per heavy atom. The average molecular weight is 685 g/mol. The highest BCUT2D eigenvalue weighted by Gasteiger charge is 2.39. The molecule has 3 aromatic rings. The number of para-hydroxylation sites is 1. The molecule has 2 aromatic carbocycles. The van der Waals surface area contributed by atoms with E-state index in [2.05, 4.69) is 44.5 Å². The lowest BCUT2D eigenvalue weighted by molar-refractivity contribution is -0.143. The Morgan fingerprint density at radius 2 is 1.64 bits per heavy atom. The van der Waals surface area contributed by atoms with Crippen LogP contribution in [0.2, 0.25) is 0 Å². The predicted octanol–water partition coefficient (Wildman–Crippen LogP) is 4.66. The van der Waals surface area contributed by atoms with E-state index in [0.29, 0.717) is 51.6 Å². The minimum absolute atomic E-state index is 0.0280. The number of likely N-dealkylation sites (N-methyl/N-ethyl adjacent to an activating group) is 1. The van der Waals surface area contributed by atoms with Gasteiger partial charge in [-0.15, -0.1) is 0 Å². The van der Waals surface area contributed by atoms with E-state index < -0.39 is 12.2 Å². The van der Waals surface area contributed by atoms with Crippen LogP contribution in [0.3, 0.4) is 0 Å². The maximum absolute atomic E-state index is 14.4. The Bertz CT molecular complexity index is 1680. The number of carbonyl (C=O) groups is 3. The molecule has 1 unspecified atom stereocenters. The Hall–Kier alpha value is -4.16. The molecular weight excluding hydrogens is 632 g/mol. The molecule has 4 aliphatic heterocycles. The largest absolute Gasteiger partial charge is 0.435 e. The number of amides is 4. The zero-order valence-corrected chi connectivity index (χ0v) is 29.8. The van der Waals surface area contributed by atoms with E-state index in [1.165, 1.54) is 6.42 Å². The SMILES string of the molecule is Cc1cc([C@@H](C)C(OC(=O)N2CCC(N3CCc4ccccc4NC3=O)CC2)C(=O)N2CCC(N3CCCN(C)CC3)CC2)cc2cn[nH]c12. The van der Waals surface area contributed by atoms with Crippen molar-refractivity contribution in [1.29, 1.82) is 0 Å². The fourth-order valence-electron chi connectivity index (χ4n) is 8.41. The van der Waals surface area contributed by atoms with Crippen LogP contribution >= 0.6 is 0 Å². The molecule has 2 N–H and O–H groups in total. The summed E-state index contributed by atoms with van der Waals surface area (Å²) in [6, 6.07) is 12.5. The number of anilines is 1. The molecule has 0 bridgehead atoms. The van der Waals surface area contributed by atoms with Gasteiger partial charge in [0.25, 0.3) is 5.91 Å². The molecule has 12 heteroatoms. The number of hydrogen-bond acceptors (Lipinski definition) is 7. The first kappa shape index (κ1) is 34.3. The molecule has 4 amide bonds. The Kier molecular flexibility index (Phi) is 10.3. The van der Waals surface area contributed by atoms with Gasteiger partial charge in [-0.3, -0.25) is 14.8 Å². The van der Waals surface area contributed by atoms with Crippen molar-refractivity contribution in [3.63, 3.8) is 0 Å². The summed E-state index contributed by atoms with van der Waals surface area (Å²) < 4.78 is 6.25. The summed E-state index contributed by atoms with van der Waals surface area (Å²) in [5.74, 6) is -0.483. The molecule has 0 spiro atoms. The summed E-state index contributed by atoms with van der Waals surface area (Å²) in [7, 11) is 2.19. The number of nitrogens with zero attached hydrogens (tertiary/aromatic N) is 6. The lowest BCUT2D eigenvalue weighted by Gasteiger charge is -2.40. The molecule has 0 radical (unpaired) electrons. The Balaban J connectivity index is 1.02. The number of benzene rings is 2. The highest BCUT2D eigenvalue weighted by atomic mass is 16.6. The van der Waals surface area contributed by atoms with Crippen molar-refractivity contribution in [3.8, 4) is 0 Å². The van der Waals surface area contributed by atoms with E-state index in [4.69, 9.17) is 4.74 Å². The maximum Gasteiger partial charge on any atom is 0.410 e. The van der Waals surface area contributed by atoms with Crippen LogP contribution in [0.1, 0.15) is 61.6 Å². The van der Waals surface area contributed by atoms with Crippen molar-refractivity contribution in [3.05, 3.63) is 59.3 Å². The fraction of sp³-hybridized carbons (Fsp3) is 0.579. The molecule has 0 saturated carbocycles. The first-order valence-electron chi connectivity index (χ1n) is 18.5. The zero-order valence-electron chi connectivity index (χ0n) is 29.8. The van der Waals surface area contributed by atoms with Gasteiger partial charge < -0.3 is 29.7 Å². The molecule has 7 rings (SSSR count). The molecule has 50 heavy (non-hydrogen) atoms. The van der Waals surface area contributed by atoms with Crippen LogP contribution in [-0.2, 0) is 16.0 Å². The first-order chi connectivity index (χ1) is 24.2. The van der Waals surface area contributed by atoms with Crippen molar-refractivity contribution >= 4 is 34.6 Å².